The molecule has 2 fully saturated rings. The monoisotopic (exact) mass is 556 g/mol. The molecule has 0 bridgehead atoms. The van der Waals surface area contributed by atoms with Gasteiger partial charge in [0.05, 0.1) is 17.8 Å². The summed E-state index contributed by atoms with van der Waals surface area (Å²) in [6, 6.07) is 16.8. The number of nitrogens with zero attached hydrogens (tertiary/aromatic N) is 4. The Morgan fingerprint density at radius 3 is 2.51 bits per heavy atom. The van der Waals surface area contributed by atoms with Crippen LogP contribution in [-0.2, 0) is 11.3 Å². The van der Waals surface area contributed by atoms with Crippen LogP contribution in [0.1, 0.15) is 85.7 Å². The summed E-state index contributed by atoms with van der Waals surface area (Å²) in [4.78, 5) is 43.5. The highest BCUT2D eigenvalue weighted by Gasteiger charge is 2.41. The van der Waals surface area contributed by atoms with Crippen LogP contribution in [0.25, 0.3) is 0 Å². The van der Waals surface area contributed by atoms with Crippen LogP contribution in [0.2, 0.25) is 0 Å². The van der Waals surface area contributed by atoms with Gasteiger partial charge in [0.15, 0.2) is 5.82 Å². The average Bonchev–Trinajstić information content (AvgIpc) is 3.70. The summed E-state index contributed by atoms with van der Waals surface area (Å²) in [6.45, 7) is 7.80. The Hall–Kier alpha value is -4.18. The predicted octanol–water partition coefficient (Wildman–Crippen LogP) is 5.94. The standard InChI is InChI=1S/C31H36N6O4/c1-31(2,3)41-30(40)37-25(23-14-8-16-35(23)19-20-10-5-4-6-11-20)18-26(34-37)33-29(39)32-22-13-7-12-21-27(22)24-15-9-17-36(24)28(21)38/h4-7,10-13,18,23-24H,8-9,14-17,19H2,1-3H3,(H2,32,33,34,39)/t23-,24?/m0/s1. The molecule has 0 spiro atoms. The molecule has 3 aliphatic rings. The highest BCUT2D eigenvalue weighted by atomic mass is 16.6. The van der Waals surface area contributed by atoms with Crippen molar-refractivity contribution in [3.8, 4) is 0 Å². The van der Waals surface area contributed by atoms with E-state index in [-0.39, 0.29) is 23.8 Å². The molecule has 41 heavy (non-hydrogen) atoms. The van der Waals surface area contributed by atoms with E-state index in [0.717, 1.165) is 50.9 Å². The van der Waals surface area contributed by atoms with E-state index in [0.29, 0.717) is 16.9 Å². The van der Waals surface area contributed by atoms with Gasteiger partial charge in [0.2, 0.25) is 0 Å². The molecule has 10 heteroatoms. The number of anilines is 2. The van der Waals surface area contributed by atoms with Crippen LogP contribution in [-0.4, -0.2) is 56.3 Å². The van der Waals surface area contributed by atoms with Crippen LogP contribution in [0.5, 0.6) is 0 Å². The maximum absolute atomic E-state index is 13.3. The number of ether oxygens (including phenoxy) is 1. The largest absolute Gasteiger partial charge is 0.442 e. The summed E-state index contributed by atoms with van der Waals surface area (Å²) in [5.41, 5.74) is 3.28. The van der Waals surface area contributed by atoms with Gasteiger partial charge < -0.3 is 15.0 Å². The van der Waals surface area contributed by atoms with Crippen molar-refractivity contribution in [2.45, 2.75) is 70.7 Å². The van der Waals surface area contributed by atoms with Crippen molar-refractivity contribution < 1.29 is 19.1 Å². The van der Waals surface area contributed by atoms with Crippen molar-refractivity contribution >= 4 is 29.5 Å². The average molecular weight is 557 g/mol. The lowest BCUT2D eigenvalue weighted by atomic mass is 10.0. The Balaban J connectivity index is 1.25. The lowest BCUT2D eigenvalue weighted by molar-refractivity contribution is 0.0500. The minimum atomic E-state index is -0.704. The number of nitrogens with one attached hydrogen (secondary N) is 2. The molecule has 0 saturated carbocycles. The second-order valence-electron chi connectivity index (χ2n) is 12.0. The Kier molecular flexibility index (Phi) is 7.03. The molecule has 3 aliphatic heterocycles. The van der Waals surface area contributed by atoms with Gasteiger partial charge in [0, 0.05) is 36.0 Å². The molecule has 2 atom stereocenters. The number of aromatic nitrogens is 2. The van der Waals surface area contributed by atoms with Crippen molar-refractivity contribution in [3.63, 3.8) is 0 Å². The minimum absolute atomic E-state index is 0.00931. The summed E-state index contributed by atoms with van der Waals surface area (Å²) >= 11 is 0. The Bertz CT molecular complexity index is 1480. The summed E-state index contributed by atoms with van der Waals surface area (Å²) in [6.07, 6.45) is 3.08. The zero-order valence-electron chi connectivity index (χ0n) is 23.7. The SMILES string of the molecule is CC(C)(C)OC(=O)n1nc(NC(=O)Nc2cccc3c2C2CCCN2C3=O)cc1[C@@H]1CCCN1Cc1ccccc1. The predicted molar refractivity (Wildman–Crippen MR) is 155 cm³/mol. The van der Waals surface area contributed by atoms with Crippen molar-refractivity contribution in [3.05, 3.63) is 77.0 Å². The third kappa shape index (κ3) is 5.44. The molecule has 10 nitrogen and oxygen atoms in total. The summed E-state index contributed by atoms with van der Waals surface area (Å²) in [5.74, 6) is 0.269. The van der Waals surface area contributed by atoms with Gasteiger partial charge in [-0.3, -0.25) is 15.0 Å². The van der Waals surface area contributed by atoms with Crippen LogP contribution in [0.4, 0.5) is 21.1 Å². The first-order valence-corrected chi connectivity index (χ1v) is 14.3. The van der Waals surface area contributed by atoms with Gasteiger partial charge in [-0.15, -0.1) is 5.10 Å². The Morgan fingerprint density at radius 2 is 1.73 bits per heavy atom. The van der Waals surface area contributed by atoms with Crippen molar-refractivity contribution in [1.82, 2.24) is 19.6 Å². The van der Waals surface area contributed by atoms with E-state index in [1.165, 1.54) is 10.2 Å². The van der Waals surface area contributed by atoms with Crippen molar-refractivity contribution in [2.24, 2.45) is 0 Å². The third-order valence-electron chi connectivity index (χ3n) is 7.91. The van der Waals surface area contributed by atoms with Crippen LogP contribution in [0, 0.1) is 0 Å². The number of hydrogen-bond acceptors (Lipinski definition) is 6. The molecule has 2 saturated heterocycles. The number of benzene rings is 2. The first-order valence-electron chi connectivity index (χ1n) is 14.3. The second kappa shape index (κ2) is 10.7. The van der Waals surface area contributed by atoms with Crippen LogP contribution in [0.15, 0.2) is 54.6 Å². The van der Waals surface area contributed by atoms with E-state index >= 15 is 0 Å². The van der Waals surface area contributed by atoms with Gasteiger partial charge in [0.25, 0.3) is 5.91 Å². The maximum atomic E-state index is 13.3. The van der Waals surface area contributed by atoms with Crippen LogP contribution >= 0.6 is 0 Å². The lowest BCUT2D eigenvalue weighted by Gasteiger charge is -2.25. The minimum Gasteiger partial charge on any atom is -0.442 e. The van der Waals surface area contributed by atoms with Gasteiger partial charge in [-0.2, -0.15) is 4.68 Å². The number of fused-ring (bicyclic) bond motifs is 3. The highest BCUT2D eigenvalue weighted by molar-refractivity contribution is 6.05. The Labute approximate surface area is 239 Å². The van der Waals surface area contributed by atoms with Crippen LogP contribution < -0.4 is 10.6 Å². The van der Waals surface area contributed by atoms with Crippen molar-refractivity contribution in [1.29, 1.82) is 0 Å². The molecule has 0 aliphatic carbocycles. The van der Waals surface area contributed by atoms with E-state index < -0.39 is 17.7 Å². The number of rotatable bonds is 5. The van der Waals surface area contributed by atoms with Gasteiger partial charge in [-0.05, 0) is 70.7 Å². The number of carbonyl (C=O) groups is 3. The van der Waals surface area contributed by atoms with Gasteiger partial charge in [-0.1, -0.05) is 36.4 Å². The summed E-state index contributed by atoms with van der Waals surface area (Å²) in [7, 11) is 0. The number of likely N-dealkylation sites (tertiary alicyclic amines) is 1. The smallest absolute Gasteiger partial charge is 0.435 e. The summed E-state index contributed by atoms with van der Waals surface area (Å²) in [5, 5.41) is 10.2. The number of urea groups is 1. The second-order valence-corrected chi connectivity index (χ2v) is 12.0. The number of amides is 3. The van der Waals surface area contributed by atoms with Crippen LogP contribution in [0.3, 0.4) is 0 Å². The normalized spacial score (nSPS) is 20.2. The first-order chi connectivity index (χ1) is 19.7. The topological polar surface area (TPSA) is 109 Å². The molecular weight excluding hydrogens is 520 g/mol. The van der Waals surface area contributed by atoms with E-state index in [1.807, 2.05) is 56.0 Å². The first kappa shape index (κ1) is 27.0. The third-order valence-corrected chi connectivity index (χ3v) is 7.91. The summed E-state index contributed by atoms with van der Waals surface area (Å²) < 4.78 is 6.95. The molecule has 2 N–H and O–H groups in total. The number of hydrogen-bond donors (Lipinski definition) is 2. The number of carbonyl (C=O) groups excluding carboxylic acids is 3. The molecule has 1 unspecified atom stereocenters. The molecule has 3 amide bonds. The molecule has 3 aromatic rings. The highest BCUT2D eigenvalue weighted by Crippen LogP contribution is 2.44. The van der Waals surface area contributed by atoms with Gasteiger partial charge in [-0.25, -0.2) is 9.59 Å². The van der Waals surface area contributed by atoms with Gasteiger partial charge >= 0.3 is 12.1 Å². The maximum Gasteiger partial charge on any atom is 0.435 e. The molecule has 1 aromatic heterocycles. The fraction of sp³-hybridized carbons (Fsp3) is 0.419. The quantitative estimate of drug-likeness (QED) is 0.403. The van der Waals surface area contributed by atoms with E-state index in [4.69, 9.17) is 4.74 Å². The molecule has 0 radical (unpaired) electrons. The Morgan fingerprint density at radius 1 is 0.976 bits per heavy atom. The van der Waals surface area contributed by atoms with E-state index in [9.17, 15) is 14.4 Å². The molecule has 2 aromatic carbocycles. The molecule has 214 valence electrons. The fourth-order valence-corrected chi connectivity index (χ4v) is 6.27. The van der Waals surface area contributed by atoms with Crippen molar-refractivity contribution in [2.75, 3.05) is 23.7 Å². The zero-order chi connectivity index (χ0) is 28.7. The van der Waals surface area contributed by atoms with E-state index in [2.05, 4.69) is 32.8 Å². The molecule has 6 rings (SSSR count). The van der Waals surface area contributed by atoms with E-state index in [1.54, 1.807) is 12.1 Å². The lowest BCUT2D eigenvalue weighted by Crippen LogP contribution is -2.31. The molecule has 4 heterocycles. The van der Waals surface area contributed by atoms with Gasteiger partial charge in [0.1, 0.15) is 5.60 Å². The molecular formula is C31H36N6O4. The zero-order valence-corrected chi connectivity index (χ0v) is 23.7. The fourth-order valence-electron chi connectivity index (χ4n) is 6.27.